The molecular weight excluding hydrogens is 581 g/mol. The normalized spacial score (nSPS) is 21.8. The second kappa shape index (κ2) is 10.9. The Labute approximate surface area is 237 Å². The number of nitrogens with zero attached hydrogens (tertiary/aromatic N) is 3. The van der Waals surface area contributed by atoms with E-state index in [0.29, 0.717) is 22.3 Å². The average molecular weight is 607 g/mol. The van der Waals surface area contributed by atoms with Crippen LogP contribution in [0.2, 0.25) is 10.0 Å². The summed E-state index contributed by atoms with van der Waals surface area (Å²) in [5.74, 6) is -0.205. The molecule has 0 spiro atoms. The van der Waals surface area contributed by atoms with E-state index in [9.17, 15) is 16.8 Å². The molecule has 204 valence electrons. The van der Waals surface area contributed by atoms with E-state index in [-0.39, 0.29) is 35.7 Å². The summed E-state index contributed by atoms with van der Waals surface area (Å²) in [7, 11) is -7.85. The smallest absolute Gasteiger partial charge is 0.285 e. The van der Waals surface area contributed by atoms with Crippen LogP contribution in [0, 0.1) is 0 Å². The van der Waals surface area contributed by atoms with Gasteiger partial charge in [0.2, 0.25) is 16.0 Å². The van der Waals surface area contributed by atoms with Crippen LogP contribution in [0.25, 0.3) is 0 Å². The predicted molar refractivity (Wildman–Crippen MR) is 153 cm³/mol. The molecule has 1 saturated carbocycles. The maximum absolute atomic E-state index is 13.3. The van der Waals surface area contributed by atoms with Gasteiger partial charge in [0, 0.05) is 22.0 Å². The fourth-order valence-corrected chi connectivity index (χ4v) is 6.73. The zero-order valence-electron chi connectivity index (χ0n) is 20.5. The lowest BCUT2D eigenvalue weighted by molar-refractivity contribution is 0.354. The molecule has 13 heteroatoms. The minimum Gasteiger partial charge on any atom is -0.351 e. The Hall–Kier alpha value is -2.96. The Morgan fingerprint density at radius 1 is 0.897 bits per heavy atom. The maximum atomic E-state index is 13.3. The predicted octanol–water partition coefficient (Wildman–Crippen LogP) is 3.95. The van der Waals surface area contributed by atoms with Gasteiger partial charge in [-0.15, -0.1) is 4.40 Å². The number of primary sulfonamides is 1. The number of hydrazone groups is 1. The molecule has 0 aromatic heterocycles. The highest BCUT2D eigenvalue weighted by atomic mass is 35.5. The van der Waals surface area contributed by atoms with Crippen molar-refractivity contribution in [2.75, 3.05) is 6.54 Å². The van der Waals surface area contributed by atoms with Crippen LogP contribution in [0.15, 0.2) is 93.3 Å². The molecule has 0 unspecified atom stereocenters. The molecule has 2 aliphatic rings. The van der Waals surface area contributed by atoms with Gasteiger partial charge in [0.05, 0.1) is 22.4 Å². The molecule has 0 saturated heterocycles. The number of hydrogen-bond donors (Lipinski definition) is 2. The van der Waals surface area contributed by atoms with E-state index < -0.39 is 25.3 Å². The second-order valence-electron chi connectivity index (χ2n) is 9.41. The summed E-state index contributed by atoms with van der Waals surface area (Å²) in [5.41, 5.74) is 2.53. The van der Waals surface area contributed by atoms with Gasteiger partial charge in [0.25, 0.3) is 10.0 Å². The van der Waals surface area contributed by atoms with Crippen molar-refractivity contribution in [3.05, 3.63) is 100 Å². The van der Waals surface area contributed by atoms with Gasteiger partial charge in [-0.3, -0.25) is 0 Å². The number of benzene rings is 3. The molecule has 1 fully saturated rings. The summed E-state index contributed by atoms with van der Waals surface area (Å²) >= 11 is 12.0. The van der Waals surface area contributed by atoms with Crippen molar-refractivity contribution < 1.29 is 16.8 Å². The average Bonchev–Trinajstić information content (AvgIpc) is 3.31. The van der Waals surface area contributed by atoms with Crippen molar-refractivity contribution in [1.82, 2.24) is 10.3 Å². The Morgan fingerprint density at radius 2 is 1.49 bits per heavy atom. The van der Waals surface area contributed by atoms with Crippen molar-refractivity contribution in [3.8, 4) is 0 Å². The number of nitrogens with one attached hydrogen (secondary N) is 1. The summed E-state index contributed by atoms with van der Waals surface area (Å²) in [4.78, 5) is -0.0390. The van der Waals surface area contributed by atoms with Crippen molar-refractivity contribution in [3.63, 3.8) is 0 Å². The third kappa shape index (κ3) is 6.28. The van der Waals surface area contributed by atoms with Crippen molar-refractivity contribution in [2.45, 2.75) is 34.9 Å². The molecule has 0 bridgehead atoms. The maximum Gasteiger partial charge on any atom is 0.285 e. The van der Waals surface area contributed by atoms with Gasteiger partial charge in [0.15, 0.2) is 0 Å². The summed E-state index contributed by atoms with van der Waals surface area (Å²) in [6.45, 7) is 0.301. The molecule has 3 aromatic carbocycles. The molecule has 1 aliphatic carbocycles. The molecule has 0 radical (unpaired) electrons. The minimum atomic E-state index is -4.16. The molecule has 3 N–H and O–H groups in total. The Kier molecular flexibility index (Phi) is 7.71. The van der Waals surface area contributed by atoms with Crippen LogP contribution < -0.4 is 10.5 Å². The third-order valence-corrected chi connectivity index (χ3v) is 9.81. The van der Waals surface area contributed by atoms with Gasteiger partial charge in [-0.25, -0.2) is 18.6 Å². The summed E-state index contributed by atoms with van der Waals surface area (Å²) in [6, 6.07) is 22.3. The fraction of sp³-hybridized carbons (Fsp3) is 0.231. The number of guanidine groups is 1. The molecule has 9 nitrogen and oxygen atoms in total. The van der Waals surface area contributed by atoms with Crippen LogP contribution in [-0.4, -0.2) is 51.4 Å². The third-order valence-electron chi connectivity index (χ3n) is 6.71. The number of halogens is 2. The van der Waals surface area contributed by atoms with Gasteiger partial charge >= 0.3 is 0 Å². The van der Waals surface area contributed by atoms with Crippen molar-refractivity contribution in [1.29, 1.82) is 0 Å². The molecular formula is C26H25Cl2N5O4S2. The SMILES string of the molecule is NS(=O)(=O)[C@H]1C[C@@H](N/C(=N/S(=O)(=O)c2ccc(Cl)cc2)N2C[C@H](c3ccccc3)C(c3ccc(Cl)cc3)=N2)C1. The van der Waals surface area contributed by atoms with Crippen LogP contribution in [0.3, 0.4) is 0 Å². The van der Waals surface area contributed by atoms with E-state index in [2.05, 4.69) is 9.71 Å². The molecule has 39 heavy (non-hydrogen) atoms. The largest absolute Gasteiger partial charge is 0.351 e. The standard InChI is InChI=1S/C26H25Cl2N5O4S2/c27-19-8-6-18(7-9-19)25-24(17-4-2-1-3-5-17)16-33(31-25)26(30-21-14-23(15-21)38(29,34)35)32-39(36,37)22-12-10-20(28)11-13-22/h1-13,21,23-24H,14-16H2,(H,30,32)(H2,29,34,35)/t21-,23+,24-/m1/s1. The first-order chi connectivity index (χ1) is 18.5. The number of hydrogen-bond acceptors (Lipinski definition) is 5. The van der Waals surface area contributed by atoms with Crippen molar-refractivity contribution in [2.24, 2.45) is 14.6 Å². The molecule has 3 aromatic rings. The second-order valence-corrected chi connectivity index (χ2v) is 13.7. The first kappa shape index (κ1) is 27.6. The van der Waals surface area contributed by atoms with Gasteiger partial charge in [0.1, 0.15) is 0 Å². The quantitative estimate of drug-likeness (QED) is 0.323. The van der Waals surface area contributed by atoms with E-state index in [4.69, 9.17) is 33.4 Å². The highest BCUT2D eigenvalue weighted by molar-refractivity contribution is 7.90. The topological polar surface area (TPSA) is 134 Å². The van der Waals surface area contributed by atoms with E-state index in [1.165, 1.54) is 29.3 Å². The van der Waals surface area contributed by atoms with Gasteiger partial charge in [-0.2, -0.15) is 13.5 Å². The monoisotopic (exact) mass is 605 g/mol. The zero-order chi connectivity index (χ0) is 27.8. The van der Waals surface area contributed by atoms with E-state index in [1.807, 2.05) is 42.5 Å². The Bertz CT molecular complexity index is 1620. The highest BCUT2D eigenvalue weighted by Crippen LogP contribution is 2.31. The summed E-state index contributed by atoms with van der Waals surface area (Å²) in [6.07, 6.45) is 0.450. The van der Waals surface area contributed by atoms with Gasteiger partial charge < -0.3 is 5.32 Å². The first-order valence-corrected chi connectivity index (χ1v) is 15.9. The lowest BCUT2D eigenvalue weighted by Crippen LogP contribution is -2.54. The number of sulfonamides is 2. The van der Waals surface area contributed by atoms with E-state index in [0.717, 1.165) is 11.1 Å². The van der Waals surface area contributed by atoms with Gasteiger partial charge in [-0.1, -0.05) is 65.7 Å². The fourth-order valence-electron chi connectivity index (χ4n) is 4.52. The highest BCUT2D eigenvalue weighted by Gasteiger charge is 2.39. The lowest BCUT2D eigenvalue weighted by atomic mass is 9.90. The Balaban J connectivity index is 1.54. The van der Waals surface area contributed by atoms with Crippen LogP contribution >= 0.6 is 23.2 Å². The van der Waals surface area contributed by atoms with Crippen LogP contribution in [0.4, 0.5) is 0 Å². The van der Waals surface area contributed by atoms with E-state index >= 15 is 0 Å². The zero-order valence-corrected chi connectivity index (χ0v) is 23.6. The molecule has 1 heterocycles. The van der Waals surface area contributed by atoms with Crippen LogP contribution in [0.5, 0.6) is 0 Å². The molecule has 0 amide bonds. The molecule has 1 atom stereocenters. The first-order valence-electron chi connectivity index (χ1n) is 12.1. The number of nitrogens with two attached hydrogens (primary N) is 1. The van der Waals surface area contributed by atoms with E-state index in [1.54, 1.807) is 12.1 Å². The Morgan fingerprint density at radius 3 is 2.08 bits per heavy atom. The van der Waals surface area contributed by atoms with Gasteiger partial charge in [-0.05, 0) is 60.4 Å². The number of rotatable bonds is 6. The summed E-state index contributed by atoms with van der Waals surface area (Å²) in [5, 5.41) is 15.0. The minimum absolute atomic E-state index is 0.00675. The summed E-state index contributed by atoms with van der Waals surface area (Å²) < 4.78 is 54.2. The van der Waals surface area contributed by atoms with Crippen molar-refractivity contribution >= 4 is 54.9 Å². The van der Waals surface area contributed by atoms with Crippen LogP contribution in [-0.2, 0) is 20.0 Å². The molecule has 1 aliphatic heterocycles. The molecule has 5 rings (SSSR count). The lowest BCUT2D eigenvalue weighted by Gasteiger charge is -2.35. The van der Waals surface area contributed by atoms with Crippen LogP contribution in [0.1, 0.15) is 29.9 Å².